The number of hydrogen-bond acceptors (Lipinski definition) is 3. The summed E-state index contributed by atoms with van der Waals surface area (Å²) in [5.41, 5.74) is 6.28. The lowest BCUT2D eigenvalue weighted by molar-refractivity contribution is -0.119. The van der Waals surface area contributed by atoms with Crippen LogP contribution in [0.15, 0.2) is 24.3 Å². The van der Waals surface area contributed by atoms with Crippen molar-refractivity contribution >= 4 is 5.91 Å². The van der Waals surface area contributed by atoms with E-state index in [0.29, 0.717) is 6.54 Å². The predicted octanol–water partition coefficient (Wildman–Crippen LogP) is 0.429. The summed E-state index contributed by atoms with van der Waals surface area (Å²) in [4.78, 5) is 15.2. The van der Waals surface area contributed by atoms with Crippen LogP contribution in [-0.2, 0) is 11.3 Å². The molecule has 1 aliphatic heterocycles. The summed E-state index contributed by atoms with van der Waals surface area (Å²) >= 11 is 0. The Morgan fingerprint density at radius 1 is 1.11 bits per heavy atom. The first-order chi connectivity index (χ1) is 8.63. The molecule has 2 rings (SSSR count). The molecular weight excluding hydrogens is 233 g/mol. The van der Waals surface area contributed by atoms with E-state index in [-0.39, 0.29) is 11.7 Å². The van der Waals surface area contributed by atoms with E-state index >= 15 is 0 Å². The van der Waals surface area contributed by atoms with Crippen molar-refractivity contribution in [1.29, 1.82) is 0 Å². The van der Waals surface area contributed by atoms with Crippen LogP contribution in [-0.4, -0.2) is 48.4 Å². The van der Waals surface area contributed by atoms with Gasteiger partial charge in [-0.15, -0.1) is 0 Å². The maximum absolute atomic E-state index is 12.8. The lowest BCUT2D eigenvalue weighted by Gasteiger charge is -2.33. The molecule has 18 heavy (non-hydrogen) atoms. The number of nitrogens with zero attached hydrogens (tertiary/aromatic N) is 2. The summed E-state index contributed by atoms with van der Waals surface area (Å²) in [7, 11) is 0. The zero-order valence-corrected chi connectivity index (χ0v) is 10.3. The molecule has 2 N–H and O–H groups in total. The lowest BCUT2D eigenvalue weighted by Crippen LogP contribution is -2.48. The Kier molecular flexibility index (Phi) is 4.28. The number of amides is 1. The van der Waals surface area contributed by atoms with E-state index in [1.54, 1.807) is 0 Å². The van der Waals surface area contributed by atoms with Crippen molar-refractivity contribution in [3.63, 3.8) is 0 Å². The number of carbonyl (C=O) groups is 1. The monoisotopic (exact) mass is 251 g/mol. The second-order valence-corrected chi connectivity index (χ2v) is 4.65. The summed E-state index contributed by atoms with van der Waals surface area (Å²) in [6.45, 7) is 4.68. The zero-order valence-electron chi connectivity index (χ0n) is 10.3. The highest BCUT2D eigenvalue weighted by molar-refractivity contribution is 5.75. The Balaban J connectivity index is 1.79. The summed E-state index contributed by atoms with van der Waals surface area (Å²) < 4.78 is 12.8. The molecule has 0 radical (unpaired) electrons. The van der Waals surface area contributed by atoms with E-state index in [1.165, 1.54) is 12.1 Å². The minimum absolute atomic E-state index is 0.204. The lowest BCUT2D eigenvalue weighted by atomic mass is 10.2. The number of rotatable bonds is 4. The number of halogens is 1. The van der Waals surface area contributed by atoms with Crippen LogP contribution in [0.5, 0.6) is 0 Å². The van der Waals surface area contributed by atoms with Gasteiger partial charge in [-0.05, 0) is 17.7 Å². The summed E-state index contributed by atoms with van der Waals surface area (Å²) in [5.74, 6) is -0.480. The quantitative estimate of drug-likeness (QED) is 0.844. The van der Waals surface area contributed by atoms with Crippen molar-refractivity contribution < 1.29 is 9.18 Å². The topological polar surface area (TPSA) is 49.6 Å². The summed E-state index contributed by atoms with van der Waals surface area (Å²) in [6, 6.07) is 6.59. The Morgan fingerprint density at radius 2 is 1.67 bits per heavy atom. The first kappa shape index (κ1) is 13.0. The van der Waals surface area contributed by atoms with Gasteiger partial charge in [0.05, 0.1) is 6.54 Å². The first-order valence-electron chi connectivity index (χ1n) is 6.11. The number of nitrogens with two attached hydrogens (primary N) is 1. The highest BCUT2D eigenvalue weighted by Gasteiger charge is 2.17. The minimum atomic E-state index is -0.276. The Morgan fingerprint density at radius 3 is 2.22 bits per heavy atom. The van der Waals surface area contributed by atoms with Gasteiger partial charge in [-0.2, -0.15) is 0 Å². The molecule has 0 spiro atoms. The number of piperazine rings is 1. The van der Waals surface area contributed by atoms with E-state index in [9.17, 15) is 9.18 Å². The second-order valence-electron chi connectivity index (χ2n) is 4.65. The molecule has 1 amide bonds. The van der Waals surface area contributed by atoms with Crippen LogP contribution in [0.4, 0.5) is 4.39 Å². The van der Waals surface area contributed by atoms with E-state index in [0.717, 1.165) is 38.3 Å². The fraction of sp³-hybridized carbons (Fsp3) is 0.462. The fourth-order valence-electron chi connectivity index (χ4n) is 2.17. The van der Waals surface area contributed by atoms with Gasteiger partial charge in [0, 0.05) is 32.7 Å². The van der Waals surface area contributed by atoms with Crippen molar-refractivity contribution in [2.75, 3.05) is 32.7 Å². The van der Waals surface area contributed by atoms with E-state index < -0.39 is 0 Å². The largest absolute Gasteiger partial charge is 0.369 e. The van der Waals surface area contributed by atoms with E-state index in [1.807, 2.05) is 12.1 Å². The Hall–Kier alpha value is -1.46. The molecule has 0 saturated carbocycles. The Labute approximate surface area is 106 Å². The summed E-state index contributed by atoms with van der Waals surface area (Å²) in [5, 5.41) is 0. The van der Waals surface area contributed by atoms with E-state index in [4.69, 9.17) is 5.73 Å². The third-order valence-electron chi connectivity index (χ3n) is 3.16. The molecule has 0 aromatic heterocycles. The van der Waals surface area contributed by atoms with Gasteiger partial charge < -0.3 is 5.73 Å². The molecular formula is C13H18FN3O. The van der Waals surface area contributed by atoms with Gasteiger partial charge in [0.2, 0.25) is 5.91 Å². The number of hydrogen-bond donors (Lipinski definition) is 1. The molecule has 1 aromatic carbocycles. The van der Waals surface area contributed by atoms with Gasteiger partial charge in [-0.25, -0.2) is 4.39 Å². The number of benzene rings is 1. The van der Waals surface area contributed by atoms with Gasteiger partial charge in [0.25, 0.3) is 0 Å². The third kappa shape index (κ3) is 3.78. The van der Waals surface area contributed by atoms with Crippen molar-refractivity contribution in [2.45, 2.75) is 6.54 Å². The first-order valence-corrected chi connectivity index (χ1v) is 6.11. The van der Waals surface area contributed by atoms with Gasteiger partial charge in [0.1, 0.15) is 5.82 Å². The van der Waals surface area contributed by atoms with Gasteiger partial charge in [0.15, 0.2) is 0 Å². The van der Waals surface area contributed by atoms with Gasteiger partial charge in [-0.1, -0.05) is 12.1 Å². The smallest absolute Gasteiger partial charge is 0.231 e. The minimum Gasteiger partial charge on any atom is -0.369 e. The van der Waals surface area contributed by atoms with Crippen LogP contribution in [0.3, 0.4) is 0 Å². The van der Waals surface area contributed by atoms with Crippen molar-refractivity contribution in [1.82, 2.24) is 9.80 Å². The number of carbonyl (C=O) groups excluding carboxylic acids is 1. The SMILES string of the molecule is NC(=O)CN1CCN(Cc2ccc(F)cc2)CC1. The number of primary amides is 1. The molecule has 0 atom stereocenters. The molecule has 1 saturated heterocycles. The average molecular weight is 251 g/mol. The standard InChI is InChI=1S/C13H18FN3O/c14-12-3-1-11(2-4-12)9-16-5-7-17(8-6-16)10-13(15)18/h1-4H,5-10H2,(H2,15,18). The normalized spacial score (nSPS) is 17.8. The van der Waals surface area contributed by atoms with Crippen LogP contribution in [0.25, 0.3) is 0 Å². The molecule has 0 aliphatic carbocycles. The molecule has 1 heterocycles. The molecule has 0 bridgehead atoms. The fourth-order valence-corrected chi connectivity index (χ4v) is 2.17. The van der Waals surface area contributed by atoms with Crippen LogP contribution in [0.1, 0.15) is 5.56 Å². The Bertz CT molecular complexity index is 399. The highest BCUT2D eigenvalue weighted by Crippen LogP contribution is 2.09. The van der Waals surface area contributed by atoms with E-state index in [2.05, 4.69) is 9.80 Å². The zero-order chi connectivity index (χ0) is 13.0. The predicted molar refractivity (Wildman–Crippen MR) is 67.3 cm³/mol. The summed E-state index contributed by atoms with van der Waals surface area (Å²) in [6.07, 6.45) is 0. The molecule has 98 valence electrons. The highest BCUT2D eigenvalue weighted by atomic mass is 19.1. The molecule has 0 unspecified atom stereocenters. The van der Waals surface area contributed by atoms with Gasteiger partial charge >= 0.3 is 0 Å². The molecule has 5 heteroatoms. The second kappa shape index (κ2) is 5.93. The molecule has 4 nitrogen and oxygen atoms in total. The molecule has 1 aromatic rings. The van der Waals surface area contributed by atoms with Crippen LogP contribution >= 0.6 is 0 Å². The molecule has 1 aliphatic rings. The third-order valence-corrected chi connectivity index (χ3v) is 3.16. The maximum Gasteiger partial charge on any atom is 0.231 e. The van der Waals surface area contributed by atoms with Crippen LogP contribution in [0.2, 0.25) is 0 Å². The van der Waals surface area contributed by atoms with Crippen molar-refractivity contribution in [2.24, 2.45) is 5.73 Å². The van der Waals surface area contributed by atoms with Crippen LogP contribution in [0, 0.1) is 5.82 Å². The van der Waals surface area contributed by atoms with Crippen LogP contribution < -0.4 is 5.73 Å². The van der Waals surface area contributed by atoms with Gasteiger partial charge in [-0.3, -0.25) is 14.6 Å². The maximum atomic E-state index is 12.8. The average Bonchev–Trinajstić information content (AvgIpc) is 2.34. The molecule has 1 fully saturated rings. The van der Waals surface area contributed by atoms with Crippen molar-refractivity contribution in [3.05, 3.63) is 35.6 Å². The van der Waals surface area contributed by atoms with Crippen molar-refractivity contribution in [3.8, 4) is 0 Å².